The first-order valence-electron chi connectivity index (χ1n) is 7.56. The second-order valence-electron chi connectivity index (χ2n) is 5.40. The van der Waals surface area contributed by atoms with Crippen LogP contribution in [0.1, 0.15) is 21.5 Å². The standard InChI is InChI=1S/C17H17ClFN3O2/c1-20-16-13-10-22(17(23)12(13)4-6-21-16)9-11-2-3-15(14(18)8-11)24-7-5-19/h2-4,6,8H,5,7,9-10H2,1H3,(H,20,21). The number of fused-ring (bicyclic) bond motifs is 1. The molecule has 2 aromatic rings. The Hall–Kier alpha value is -2.34. The zero-order chi connectivity index (χ0) is 17.1. The number of hydrogen-bond acceptors (Lipinski definition) is 4. The number of carbonyl (C=O) groups is 1. The molecule has 0 aliphatic carbocycles. The lowest BCUT2D eigenvalue weighted by molar-refractivity contribution is 0.0767. The van der Waals surface area contributed by atoms with E-state index in [0.717, 1.165) is 16.9 Å². The number of benzene rings is 1. The van der Waals surface area contributed by atoms with Crippen molar-refractivity contribution < 1.29 is 13.9 Å². The fourth-order valence-corrected chi connectivity index (χ4v) is 3.02. The van der Waals surface area contributed by atoms with Crippen LogP contribution in [-0.2, 0) is 13.1 Å². The highest BCUT2D eigenvalue weighted by Gasteiger charge is 2.29. The van der Waals surface area contributed by atoms with E-state index in [1.807, 2.05) is 6.07 Å². The van der Waals surface area contributed by atoms with Gasteiger partial charge in [0.25, 0.3) is 5.91 Å². The van der Waals surface area contributed by atoms with Crippen LogP contribution in [0.4, 0.5) is 10.2 Å². The molecule has 1 N–H and O–H groups in total. The average molecular weight is 350 g/mol. The molecule has 126 valence electrons. The largest absolute Gasteiger partial charge is 0.489 e. The maximum atomic E-state index is 12.5. The summed E-state index contributed by atoms with van der Waals surface area (Å²) in [6.07, 6.45) is 1.62. The summed E-state index contributed by atoms with van der Waals surface area (Å²) in [6.45, 7) is 0.328. The van der Waals surface area contributed by atoms with E-state index in [-0.39, 0.29) is 12.5 Å². The van der Waals surface area contributed by atoms with Gasteiger partial charge in [-0.15, -0.1) is 0 Å². The van der Waals surface area contributed by atoms with Gasteiger partial charge in [-0.2, -0.15) is 0 Å². The Morgan fingerprint density at radius 3 is 2.96 bits per heavy atom. The lowest BCUT2D eigenvalue weighted by Gasteiger charge is -2.16. The fraction of sp³-hybridized carbons (Fsp3) is 0.294. The third-order valence-corrected chi connectivity index (χ3v) is 4.16. The van der Waals surface area contributed by atoms with Crippen molar-refractivity contribution in [2.24, 2.45) is 0 Å². The molecule has 0 atom stereocenters. The number of hydrogen-bond donors (Lipinski definition) is 1. The number of nitrogens with one attached hydrogen (secondary N) is 1. The van der Waals surface area contributed by atoms with Crippen molar-refractivity contribution in [3.05, 3.63) is 52.2 Å². The van der Waals surface area contributed by atoms with Gasteiger partial charge in [0.2, 0.25) is 0 Å². The third-order valence-electron chi connectivity index (χ3n) is 3.86. The average Bonchev–Trinajstić information content (AvgIpc) is 2.90. The van der Waals surface area contributed by atoms with Crippen molar-refractivity contribution in [3.63, 3.8) is 0 Å². The molecule has 0 unspecified atom stereocenters. The van der Waals surface area contributed by atoms with E-state index in [9.17, 15) is 9.18 Å². The van der Waals surface area contributed by atoms with E-state index < -0.39 is 6.67 Å². The molecule has 0 fully saturated rings. The van der Waals surface area contributed by atoms with E-state index in [1.54, 1.807) is 36.3 Å². The SMILES string of the molecule is CNc1nccc2c1CN(Cc1ccc(OCCF)c(Cl)c1)C2=O. The molecule has 0 saturated carbocycles. The van der Waals surface area contributed by atoms with Crippen LogP contribution in [0.25, 0.3) is 0 Å². The third kappa shape index (κ3) is 3.14. The van der Waals surface area contributed by atoms with Crippen LogP contribution in [0.3, 0.4) is 0 Å². The number of ether oxygens (including phenoxy) is 1. The molecule has 1 amide bonds. The van der Waals surface area contributed by atoms with Gasteiger partial charge in [0.05, 0.1) is 11.6 Å². The van der Waals surface area contributed by atoms with Gasteiger partial charge in [0.1, 0.15) is 24.8 Å². The van der Waals surface area contributed by atoms with E-state index in [0.29, 0.717) is 29.4 Å². The highest BCUT2D eigenvalue weighted by Crippen LogP contribution is 2.30. The maximum Gasteiger partial charge on any atom is 0.255 e. The summed E-state index contributed by atoms with van der Waals surface area (Å²) in [6, 6.07) is 7.00. The molecule has 1 aliphatic heterocycles. The molecule has 2 heterocycles. The lowest BCUT2D eigenvalue weighted by Crippen LogP contribution is -2.23. The van der Waals surface area contributed by atoms with E-state index in [1.165, 1.54) is 0 Å². The minimum absolute atomic E-state index is 0.0290. The highest BCUT2D eigenvalue weighted by atomic mass is 35.5. The quantitative estimate of drug-likeness (QED) is 0.869. The first kappa shape index (κ1) is 16.5. The van der Waals surface area contributed by atoms with Gasteiger partial charge < -0.3 is 15.0 Å². The Morgan fingerprint density at radius 1 is 1.42 bits per heavy atom. The molecular formula is C17H17ClFN3O2. The van der Waals surface area contributed by atoms with E-state index in [2.05, 4.69) is 10.3 Å². The summed E-state index contributed by atoms with van der Waals surface area (Å²) in [5.74, 6) is 1.13. The molecule has 1 aromatic carbocycles. The van der Waals surface area contributed by atoms with Crippen molar-refractivity contribution >= 4 is 23.3 Å². The smallest absolute Gasteiger partial charge is 0.255 e. The Bertz CT molecular complexity index is 769. The second-order valence-corrected chi connectivity index (χ2v) is 5.81. The van der Waals surface area contributed by atoms with Gasteiger partial charge in [-0.25, -0.2) is 9.37 Å². The normalized spacial score (nSPS) is 13.1. The highest BCUT2D eigenvalue weighted by molar-refractivity contribution is 6.32. The van der Waals surface area contributed by atoms with Crippen molar-refractivity contribution in [1.29, 1.82) is 0 Å². The summed E-state index contributed by atoms with van der Waals surface area (Å²) in [4.78, 5) is 18.5. The van der Waals surface area contributed by atoms with Gasteiger partial charge in [-0.1, -0.05) is 17.7 Å². The minimum Gasteiger partial charge on any atom is -0.489 e. The number of carbonyl (C=O) groups excluding carboxylic acids is 1. The minimum atomic E-state index is -0.569. The van der Waals surface area contributed by atoms with E-state index >= 15 is 0 Å². The van der Waals surface area contributed by atoms with Gasteiger partial charge in [0, 0.05) is 30.9 Å². The maximum absolute atomic E-state index is 12.5. The van der Waals surface area contributed by atoms with Crippen LogP contribution < -0.4 is 10.1 Å². The summed E-state index contributed by atoms with van der Waals surface area (Å²) >= 11 is 6.15. The summed E-state index contributed by atoms with van der Waals surface area (Å²) < 4.78 is 17.4. The molecule has 3 rings (SSSR count). The molecule has 0 bridgehead atoms. The number of pyridine rings is 1. The van der Waals surface area contributed by atoms with Crippen molar-refractivity contribution in [2.75, 3.05) is 25.6 Å². The Kier molecular flexibility index (Phi) is 4.85. The van der Waals surface area contributed by atoms with Crippen LogP contribution in [-0.4, -0.2) is 36.1 Å². The number of halogens is 2. The van der Waals surface area contributed by atoms with Crippen LogP contribution in [0, 0.1) is 0 Å². The Balaban J connectivity index is 1.76. The first-order valence-corrected chi connectivity index (χ1v) is 7.94. The summed E-state index contributed by atoms with van der Waals surface area (Å²) in [7, 11) is 1.78. The fourth-order valence-electron chi connectivity index (χ4n) is 2.76. The predicted octanol–water partition coefficient (Wildman–Crippen LogP) is 3.28. The lowest BCUT2D eigenvalue weighted by atomic mass is 10.1. The van der Waals surface area contributed by atoms with Crippen LogP contribution >= 0.6 is 11.6 Å². The topological polar surface area (TPSA) is 54.5 Å². The number of nitrogens with zero attached hydrogens (tertiary/aromatic N) is 2. The van der Waals surface area contributed by atoms with Crippen LogP contribution in [0.15, 0.2) is 30.5 Å². The van der Waals surface area contributed by atoms with Gasteiger partial charge in [-0.3, -0.25) is 4.79 Å². The van der Waals surface area contributed by atoms with Crippen molar-refractivity contribution in [2.45, 2.75) is 13.1 Å². The number of amides is 1. The molecule has 0 saturated heterocycles. The van der Waals surface area contributed by atoms with Gasteiger partial charge >= 0.3 is 0 Å². The molecule has 5 nitrogen and oxygen atoms in total. The molecule has 0 radical (unpaired) electrons. The van der Waals surface area contributed by atoms with Crippen molar-refractivity contribution in [1.82, 2.24) is 9.88 Å². The second kappa shape index (κ2) is 7.05. The molecule has 0 spiro atoms. The van der Waals surface area contributed by atoms with Gasteiger partial charge in [0.15, 0.2) is 0 Å². The summed E-state index contributed by atoms with van der Waals surface area (Å²) in [5, 5.41) is 3.42. The Morgan fingerprint density at radius 2 is 2.25 bits per heavy atom. The molecular weight excluding hydrogens is 333 g/mol. The first-order chi connectivity index (χ1) is 11.6. The molecule has 24 heavy (non-hydrogen) atoms. The number of anilines is 1. The van der Waals surface area contributed by atoms with E-state index in [4.69, 9.17) is 16.3 Å². The molecule has 1 aromatic heterocycles. The number of alkyl halides is 1. The monoisotopic (exact) mass is 349 g/mol. The zero-order valence-corrected chi connectivity index (χ0v) is 13.9. The van der Waals surface area contributed by atoms with Gasteiger partial charge in [-0.05, 0) is 23.8 Å². The Labute approximate surface area is 144 Å². The zero-order valence-electron chi connectivity index (χ0n) is 13.2. The number of aromatic nitrogens is 1. The van der Waals surface area contributed by atoms with Crippen LogP contribution in [0.5, 0.6) is 5.75 Å². The number of rotatable bonds is 6. The summed E-state index contributed by atoms with van der Waals surface area (Å²) in [5.41, 5.74) is 2.45. The predicted molar refractivity (Wildman–Crippen MR) is 90.3 cm³/mol. The molecule has 7 heteroatoms. The van der Waals surface area contributed by atoms with Crippen molar-refractivity contribution in [3.8, 4) is 5.75 Å². The van der Waals surface area contributed by atoms with Crippen LogP contribution in [0.2, 0.25) is 5.02 Å². The molecule has 1 aliphatic rings.